The molecule has 0 aliphatic heterocycles. The highest BCUT2D eigenvalue weighted by Gasteiger charge is 2.15. The molecule has 2 rings (SSSR count). The Labute approximate surface area is 137 Å². The zero-order valence-electron chi connectivity index (χ0n) is 11.4. The average Bonchev–Trinajstić information content (AvgIpc) is 2.51. The van der Waals surface area contributed by atoms with E-state index in [9.17, 15) is 22.8 Å². The third-order valence-corrected chi connectivity index (χ3v) is 3.38. The number of amides is 1. The van der Waals surface area contributed by atoms with Crippen LogP contribution in [0.4, 0.5) is 18.9 Å². The Morgan fingerprint density at radius 3 is 2.48 bits per heavy atom. The number of esters is 1. The summed E-state index contributed by atoms with van der Waals surface area (Å²) in [5.41, 5.74) is -0.0671. The first-order valence-electron chi connectivity index (χ1n) is 6.24. The quantitative estimate of drug-likeness (QED) is 0.814. The molecule has 0 spiro atoms. The summed E-state index contributed by atoms with van der Waals surface area (Å²) in [5.74, 6) is -4.46. The van der Waals surface area contributed by atoms with Gasteiger partial charge in [-0.2, -0.15) is 0 Å². The molecule has 4 nitrogen and oxygen atoms in total. The number of halogens is 4. The van der Waals surface area contributed by atoms with Gasteiger partial charge in [-0.3, -0.25) is 4.79 Å². The van der Waals surface area contributed by atoms with Crippen LogP contribution < -0.4 is 5.32 Å². The second kappa shape index (κ2) is 7.28. The van der Waals surface area contributed by atoms with Gasteiger partial charge in [0.25, 0.3) is 5.91 Å². The van der Waals surface area contributed by atoms with Crippen molar-refractivity contribution in [3.63, 3.8) is 0 Å². The normalized spacial score (nSPS) is 10.3. The number of benzene rings is 2. The van der Waals surface area contributed by atoms with E-state index in [0.717, 1.165) is 30.3 Å². The molecular weight excluding hydrogens is 379 g/mol. The minimum atomic E-state index is -1.12. The van der Waals surface area contributed by atoms with Crippen LogP contribution in [0, 0.1) is 17.5 Å². The van der Waals surface area contributed by atoms with E-state index in [1.807, 2.05) is 0 Å². The summed E-state index contributed by atoms with van der Waals surface area (Å²) in [6.07, 6.45) is 0. The summed E-state index contributed by atoms with van der Waals surface area (Å²) in [6.45, 7) is -0.666. The molecular formula is C15H9BrF3NO3. The molecule has 0 aliphatic carbocycles. The highest BCUT2D eigenvalue weighted by molar-refractivity contribution is 9.10. The molecule has 0 fully saturated rings. The van der Waals surface area contributed by atoms with Crippen molar-refractivity contribution in [2.45, 2.75) is 0 Å². The number of hydrogen-bond acceptors (Lipinski definition) is 3. The van der Waals surface area contributed by atoms with Gasteiger partial charge in [-0.25, -0.2) is 18.0 Å². The molecule has 0 aromatic heterocycles. The van der Waals surface area contributed by atoms with Crippen molar-refractivity contribution >= 4 is 33.5 Å². The molecule has 0 saturated carbocycles. The minimum Gasteiger partial charge on any atom is -0.452 e. The van der Waals surface area contributed by atoms with Gasteiger partial charge in [-0.05, 0) is 46.3 Å². The Kier molecular flexibility index (Phi) is 5.38. The first kappa shape index (κ1) is 17.0. The van der Waals surface area contributed by atoms with Gasteiger partial charge < -0.3 is 10.1 Å². The fraction of sp³-hybridized carbons (Fsp3) is 0.0667. The molecule has 1 amide bonds. The molecule has 0 saturated heterocycles. The summed E-state index contributed by atoms with van der Waals surface area (Å²) in [5, 5.41) is 2.23. The first-order valence-corrected chi connectivity index (χ1v) is 7.03. The van der Waals surface area contributed by atoms with E-state index < -0.39 is 35.9 Å². The molecule has 0 aliphatic rings. The lowest BCUT2D eigenvalue weighted by molar-refractivity contribution is -0.119. The summed E-state index contributed by atoms with van der Waals surface area (Å²) >= 11 is 3.06. The Bertz CT molecular complexity index is 768. The van der Waals surface area contributed by atoms with Gasteiger partial charge in [0.15, 0.2) is 18.2 Å². The van der Waals surface area contributed by atoms with Crippen LogP contribution in [-0.2, 0) is 9.53 Å². The third kappa shape index (κ3) is 4.56. The van der Waals surface area contributed by atoms with E-state index in [1.165, 1.54) is 6.07 Å². The van der Waals surface area contributed by atoms with Crippen LogP contribution in [0.2, 0.25) is 0 Å². The van der Waals surface area contributed by atoms with Crippen molar-refractivity contribution in [1.29, 1.82) is 0 Å². The molecule has 0 unspecified atom stereocenters. The smallest absolute Gasteiger partial charge is 0.339 e. The van der Waals surface area contributed by atoms with E-state index in [0.29, 0.717) is 4.47 Å². The molecule has 0 bridgehead atoms. The molecule has 8 heteroatoms. The van der Waals surface area contributed by atoms with Gasteiger partial charge in [-0.1, -0.05) is 0 Å². The maximum atomic E-state index is 13.1. The number of anilines is 1. The van der Waals surface area contributed by atoms with E-state index >= 15 is 0 Å². The van der Waals surface area contributed by atoms with Crippen LogP contribution in [0.1, 0.15) is 10.4 Å². The first-order chi connectivity index (χ1) is 10.9. The Morgan fingerprint density at radius 2 is 1.78 bits per heavy atom. The molecule has 0 radical (unpaired) electrons. The van der Waals surface area contributed by atoms with Gasteiger partial charge in [-0.15, -0.1) is 0 Å². The van der Waals surface area contributed by atoms with Crippen molar-refractivity contribution in [2.75, 3.05) is 11.9 Å². The molecule has 2 aromatic carbocycles. The zero-order chi connectivity index (χ0) is 17.0. The van der Waals surface area contributed by atoms with Crippen molar-refractivity contribution in [1.82, 2.24) is 0 Å². The molecule has 2 aromatic rings. The summed E-state index contributed by atoms with van der Waals surface area (Å²) in [4.78, 5) is 23.4. The number of rotatable bonds is 4. The van der Waals surface area contributed by atoms with Crippen LogP contribution in [0.3, 0.4) is 0 Å². The largest absolute Gasteiger partial charge is 0.452 e. The van der Waals surface area contributed by atoms with E-state index in [2.05, 4.69) is 21.2 Å². The lowest BCUT2D eigenvalue weighted by atomic mass is 10.2. The fourth-order valence-corrected chi connectivity index (χ4v) is 2.04. The van der Waals surface area contributed by atoms with Crippen LogP contribution >= 0.6 is 15.9 Å². The molecule has 1 N–H and O–H groups in total. The number of carbonyl (C=O) groups excluding carboxylic acids is 2. The van der Waals surface area contributed by atoms with E-state index in [-0.39, 0.29) is 11.3 Å². The number of nitrogens with one attached hydrogen (secondary N) is 1. The van der Waals surface area contributed by atoms with Crippen molar-refractivity contribution < 1.29 is 27.5 Å². The lowest BCUT2D eigenvalue weighted by Gasteiger charge is -2.08. The predicted octanol–water partition coefficient (Wildman–Crippen LogP) is 3.66. The summed E-state index contributed by atoms with van der Waals surface area (Å²) < 4.78 is 43.9. The van der Waals surface area contributed by atoms with Gasteiger partial charge in [0.05, 0.1) is 5.56 Å². The zero-order valence-corrected chi connectivity index (χ0v) is 13.0. The number of carbonyl (C=O) groups is 2. The Balaban J connectivity index is 1.94. The molecule has 23 heavy (non-hydrogen) atoms. The standard InChI is InChI=1S/C15H9BrF3NO3/c16-11-3-1-8(17)5-10(11)15(22)23-7-14(21)20-9-2-4-12(18)13(19)6-9/h1-6H,7H2,(H,20,21). The fourth-order valence-electron chi connectivity index (χ4n) is 1.63. The second-order valence-electron chi connectivity index (χ2n) is 4.38. The molecule has 0 atom stereocenters. The molecule has 0 heterocycles. The monoisotopic (exact) mass is 387 g/mol. The topological polar surface area (TPSA) is 55.4 Å². The molecule has 120 valence electrons. The van der Waals surface area contributed by atoms with Crippen LogP contribution in [0.15, 0.2) is 40.9 Å². The van der Waals surface area contributed by atoms with Gasteiger partial charge in [0.2, 0.25) is 0 Å². The lowest BCUT2D eigenvalue weighted by Crippen LogP contribution is -2.21. The van der Waals surface area contributed by atoms with Gasteiger partial charge in [0.1, 0.15) is 5.82 Å². The highest BCUT2D eigenvalue weighted by Crippen LogP contribution is 2.19. The maximum absolute atomic E-state index is 13.1. The van der Waals surface area contributed by atoms with Crippen molar-refractivity contribution in [2.24, 2.45) is 0 Å². The Morgan fingerprint density at radius 1 is 1.04 bits per heavy atom. The number of ether oxygens (including phenoxy) is 1. The summed E-state index contributed by atoms with van der Waals surface area (Å²) in [6, 6.07) is 6.23. The average molecular weight is 388 g/mol. The van der Waals surface area contributed by atoms with Crippen LogP contribution in [0.5, 0.6) is 0 Å². The minimum absolute atomic E-state index is 0.0110. The summed E-state index contributed by atoms with van der Waals surface area (Å²) in [7, 11) is 0. The Hall–Kier alpha value is -2.35. The van der Waals surface area contributed by atoms with E-state index in [1.54, 1.807) is 0 Å². The predicted molar refractivity (Wildman–Crippen MR) is 79.4 cm³/mol. The van der Waals surface area contributed by atoms with Gasteiger partial charge >= 0.3 is 5.97 Å². The van der Waals surface area contributed by atoms with Crippen molar-refractivity contribution in [3.05, 3.63) is 63.9 Å². The van der Waals surface area contributed by atoms with E-state index in [4.69, 9.17) is 4.74 Å². The number of hydrogen-bond donors (Lipinski definition) is 1. The van der Waals surface area contributed by atoms with Crippen LogP contribution in [-0.4, -0.2) is 18.5 Å². The van der Waals surface area contributed by atoms with Gasteiger partial charge in [0, 0.05) is 16.2 Å². The highest BCUT2D eigenvalue weighted by atomic mass is 79.9. The second-order valence-corrected chi connectivity index (χ2v) is 5.23. The third-order valence-electron chi connectivity index (χ3n) is 2.69. The maximum Gasteiger partial charge on any atom is 0.339 e. The van der Waals surface area contributed by atoms with Crippen LogP contribution in [0.25, 0.3) is 0 Å². The van der Waals surface area contributed by atoms with Crippen molar-refractivity contribution in [3.8, 4) is 0 Å². The SMILES string of the molecule is O=C(COC(=O)c1cc(F)ccc1Br)Nc1ccc(F)c(F)c1.